The van der Waals surface area contributed by atoms with E-state index < -0.39 is 12.2 Å². The third-order valence-electron chi connectivity index (χ3n) is 9.33. The quantitative estimate of drug-likeness (QED) is 0.194. The minimum Gasteiger partial charge on any atom is -0.496 e. The number of nitrogens with one attached hydrogen (secondary N) is 2. The van der Waals surface area contributed by atoms with Crippen molar-refractivity contribution in [2.75, 3.05) is 20.3 Å². The van der Waals surface area contributed by atoms with E-state index in [4.69, 9.17) is 26.5 Å². The molecule has 3 aromatic rings. The van der Waals surface area contributed by atoms with Crippen molar-refractivity contribution >= 4 is 28.9 Å². The van der Waals surface area contributed by atoms with Gasteiger partial charge in [-0.3, -0.25) is 9.59 Å². The lowest BCUT2D eigenvalue weighted by molar-refractivity contribution is -0.118. The third-order valence-corrected chi connectivity index (χ3v) is 9.73. The number of halogens is 1. The number of hydrogen-bond donors (Lipinski definition) is 4. The molecule has 4 N–H and O–H groups in total. The number of aliphatic hydroxyl groups excluding tert-OH is 2. The van der Waals surface area contributed by atoms with E-state index in [-0.39, 0.29) is 41.2 Å². The summed E-state index contributed by atoms with van der Waals surface area (Å²) in [6, 6.07) is 17.2. The largest absolute Gasteiger partial charge is 0.496 e. The van der Waals surface area contributed by atoms with Crippen molar-refractivity contribution in [3.63, 3.8) is 0 Å². The van der Waals surface area contributed by atoms with Gasteiger partial charge in [0.25, 0.3) is 0 Å². The Labute approximate surface area is 286 Å². The summed E-state index contributed by atoms with van der Waals surface area (Å²) in [4.78, 5) is 25.6. The van der Waals surface area contributed by atoms with Crippen molar-refractivity contribution in [1.29, 1.82) is 5.41 Å². The number of carbonyl (C=O) groups is 2. The van der Waals surface area contributed by atoms with Gasteiger partial charge in [-0.1, -0.05) is 67.1 Å². The van der Waals surface area contributed by atoms with Crippen LogP contribution in [0.25, 0.3) is 22.3 Å². The van der Waals surface area contributed by atoms with Crippen molar-refractivity contribution in [1.82, 2.24) is 5.32 Å². The third kappa shape index (κ3) is 7.69. The van der Waals surface area contributed by atoms with Gasteiger partial charge in [-0.05, 0) is 67.2 Å². The molecular weight excluding hydrogens is 628 g/mol. The van der Waals surface area contributed by atoms with Crippen LogP contribution in [-0.4, -0.2) is 66.1 Å². The first kappa shape index (κ1) is 35.4. The number of hydrogen-bond acceptors (Lipinski definition) is 8. The number of aliphatic hydroxyl groups is 2. The summed E-state index contributed by atoms with van der Waals surface area (Å²) >= 11 is 7.10. The fraction of sp³-hybridized carbons (Fsp3) is 0.359. The predicted octanol–water partition coefficient (Wildman–Crippen LogP) is 6.40. The summed E-state index contributed by atoms with van der Waals surface area (Å²) in [5.74, 6) is 0.0782. The van der Waals surface area contributed by atoms with Gasteiger partial charge in [-0.25, -0.2) is 0 Å². The zero-order valence-corrected chi connectivity index (χ0v) is 28.6. The molecule has 1 aliphatic heterocycles. The molecule has 1 aliphatic carbocycles. The molecule has 5 rings (SSSR count). The molecule has 0 aromatic heterocycles. The predicted molar refractivity (Wildman–Crippen MR) is 189 cm³/mol. The molecule has 252 valence electrons. The molecule has 0 amide bonds. The van der Waals surface area contributed by atoms with Crippen LogP contribution >= 0.6 is 11.6 Å². The normalized spacial score (nSPS) is 23.2. The van der Waals surface area contributed by atoms with Crippen molar-refractivity contribution in [3.8, 4) is 28.0 Å². The van der Waals surface area contributed by atoms with Gasteiger partial charge in [0.1, 0.15) is 11.9 Å². The van der Waals surface area contributed by atoms with Crippen molar-refractivity contribution < 1.29 is 29.3 Å². The molecule has 8 nitrogen and oxygen atoms in total. The minimum absolute atomic E-state index is 0.0511. The van der Waals surface area contributed by atoms with Crippen LogP contribution in [0.3, 0.4) is 0 Å². The lowest BCUT2D eigenvalue weighted by Gasteiger charge is -2.28. The van der Waals surface area contributed by atoms with Gasteiger partial charge in [0.2, 0.25) is 0 Å². The SMILES string of the molecule is COc1cc(-c2cccc(-c3cccc(C(=N)C(O)/C4=C/C(C)=C\C(=O)C(C)CCC4=O)c3C)c2Cl)ccc1CN[C@@H]1CCOC[C@@H]1O. The second-order valence-electron chi connectivity index (χ2n) is 12.7. The van der Waals surface area contributed by atoms with Crippen LogP contribution in [-0.2, 0) is 20.9 Å². The average Bonchev–Trinajstić information content (AvgIpc) is 3.12. The number of benzene rings is 3. The van der Waals surface area contributed by atoms with E-state index >= 15 is 0 Å². The van der Waals surface area contributed by atoms with Crippen LogP contribution in [0.1, 0.15) is 49.8 Å². The summed E-state index contributed by atoms with van der Waals surface area (Å²) < 4.78 is 11.1. The highest BCUT2D eigenvalue weighted by Crippen LogP contribution is 2.40. The van der Waals surface area contributed by atoms with Crippen LogP contribution in [0.2, 0.25) is 5.02 Å². The molecule has 0 spiro atoms. The molecule has 0 saturated carbocycles. The Bertz CT molecular complexity index is 1780. The Morgan fingerprint density at radius 1 is 1.06 bits per heavy atom. The molecule has 2 aliphatic rings. The number of ether oxygens (including phenoxy) is 2. The van der Waals surface area contributed by atoms with Gasteiger partial charge in [0.15, 0.2) is 11.6 Å². The highest BCUT2D eigenvalue weighted by atomic mass is 35.5. The molecule has 3 aromatic carbocycles. The Morgan fingerprint density at radius 3 is 2.54 bits per heavy atom. The Balaban J connectivity index is 1.42. The molecule has 0 radical (unpaired) electrons. The zero-order valence-electron chi connectivity index (χ0n) is 27.8. The van der Waals surface area contributed by atoms with Crippen LogP contribution in [0.5, 0.6) is 5.75 Å². The fourth-order valence-electron chi connectivity index (χ4n) is 6.34. The maximum atomic E-state index is 13.2. The molecule has 1 fully saturated rings. The molecule has 48 heavy (non-hydrogen) atoms. The first-order chi connectivity index (χ1) is 23.0. The van der Waals surface area contributed by atoms with E-state index in [9.17, 15) is 19.8 Å². The fourth-order valence-corrected chi connectivity index (χ4v) is 6.68. The van der Waals surface area contributed by atoms with E-state index in [2.05, 4.69) is 5.32 Å². The lowest BCUT2D eigenvalue weighted by atomic mass is 9.88. The van der Waals surface area contributed by atoms with E-state index in [0.29, 0.717) is 48.1 Å². The standard InChI is InChI=1S/C39H43ClN2O6/c1-22-17-31(33(43)14-11-23(2)34(44)18-22)39(46)38(41)28-8-5-7-27(24(28)3)30-10-6-9-29(37(30)40)25-12-13-26(36(19-25)47-4)20-42-32-15-16-48-21-35(32)45/h5-10,12-13,17-19,23,32,35,39,41-42,45-46H,11,14-16,20-21H2,1-4H3/b22-18-,31-17+,41-38?/t23?,32-,35+,39?/m1/s1. The topological polar surface area (TPSA) is 129 Å². The molecular formula is C39H43ClN2O6. The minimum atomic E-state index is -1.46. The van der Waals surface area contributed by atoms with E-state index in [1.807, 2.05) is 55.5 Å². The lowest BCUT2D eigenvalue weighted by Crippen LogP contribution is -2.46. The highest BCUT2D eigenvalue weighted by molar-refractivity contribution is 6.36. The maximum absolute atomic E-state index is 13.2. The Kier molecular flexibility index (Phi) is 11.5. The van der Waals surface area contributed by atoms with Gasteiger partial charge in [-0.15, -0.1) is 0 Å². The second-order valence-corrected chi connectivity index (χ2v) is 13.0. The number of Topliss-reactive ketones (excluding diaryl/α,β-unsaturated/α-hetero) is 1. The number of ketones is 2. The summed E-state index contributed by atoms with van der Waals surface area (Å²) in [7, 11) is 1.63. The van der Waals surface area contributed by atoms with Gasteiger partial charge >= 0.3 is 0 Å². The smallest absolute Gasteiger partial charge is 0.161 e. The van der Waals surface area contributed by atoms with E-state index in [0.717, 1.165) is 39.8 Å². The molecule has 2 unspecified atom stereocenters. The van der Waals surface area contributed by atoms with Crippen molar-refractivity contribution in [2.45, 2.75) is 64.8 Å². The van der Waals surface area contributed by atoms with Crippen molar-refractivity contribution in [3.05, 3.63) is 99.6 Å². The molecule has 1 saturated heterocycles. The Morgan fingerprint density at radius 2 is 1.79 bits per heavy atom. The molecule has 9 heteroatoms. The number of methoxy groups -OCH3 is 1. The highest BCUT2D eigenvalue weighted by Gasteiger charge is 2.28. The van der Waals surface area contributed by atoms with Crippen LogP contribution in [0.15, 0.2) is 77.9 Å². The van der Waals surface area contributed by atoms with E-state index in [1.54, 1.807) is 27.0 Å². The summed E-state index contributed by atoms with van der Waals surface area (Å²) in [6.45, 7) is 6.85. The number of allylic oxidation sites excluding steroid dienone is 3. The van der Waals surface area contributed by atoms with Gasteiger partial charge in [0, 0.05) is 59.4 Å². The van der Waals surface area contributed by atoms with Crippen LogP contribution < -0.4 is 10.1 Å². The zero-order chi connectivity index (χ0) is 34.5. The maximum Gasteiger partial charge on any atom is 0.161 e. The molecule has 4 atom stereocenters. The summed E-state index contributed by atoms with van der Waals surface area (Å²) in [6.07, 6.45) is 2.25. The second kappa shape index (κ2) is 15.5. The van der Waals surface area contributed by atoms with Crippen LogP contribution in [0.4, 0.5) is 0 Å². The number of rotatable bonds is 9. The van der Waals surface area contributed by atoms with Gasteiger partial charge in [0.05, 0.1) is 30.6 Å². The number of carbonyl (C=O) groups excluding carboxylic acids is 2. The van der Waals surface area contributed by atoms with Crippen LogP contribution in [0, 0.1) is 18.3 Å². The average molecular weight is 671 g/mol. The van der Waals surface area contributed by atoms with E-state index in [1.165, 1.54) is 12.2 Å². The summed E-state index contributed by atoms with van der Waals surface area (Å²) in [5.41, 5.74) is 5.99. The monoisotopic (exact) mass is 670 g/mol. The van der Waals surface area contributed by atoms with Crippen molar-refractivity contribution in [2.24, 2.45) is 5.92 Å². The first-order valence-corrected chi connectivity index (χ1v) is 16.7. The van der Waals surface area contributed by atoms with Gasteiger partial charge in [-0.2, -0.15) is 0 Å². The molecule has 0 bridgehead atoms. The first-order valence-electron chi connectivity index (χ1n) is 16.3. The molecule has 1 heterocycles. The Hall–Kier alpha value is -3.92. The van der Waals surface area contributed by atoms with Gasteiger partial charge < -0.3 is 30.4 Å². The summed E-state index contributed by atoms with van der Waals surface area (Å²) in [5, 5.41) is 34.6.